The van der Waals surface area contributed by atoms with Crippen molar-refractivity contribution in [2.24, 2.45) is 11.8 Å². The van der Waals surface area contributed by atoms with E-state index >= 15 is 0 Å². The van der Waals surface area contributed by atoms with Crippen LogP contribution in [-0.2, 0) is 10.0 Å². The zero-order valence-corrected chi connectivity index (χ0v) is 15.8. The second-order valence-electron chi connectivity index (χ2n) is 6.21. The Morgan fingerprint density at radius 2 is 1.91 bits per heavy atom. The summed E-state index contributed by atoms with van der Waals surface area (Å²) in [6, 6.07) is 5.01. The molecule has 0 saturated carbocycles. The molecule has 0 spiro atoms. The van der Waals surface area contributed by atoms with Gasteiger partial charge in [0.05, 0.1) is 16.0 Å². The molecule has 6 heteroatoms. The highest BCUT2D eigenvalue weighted by molar-refractivity contribution is 9.10. The number of sulfonamides is 1. The summed E-state index contributed by atoms with van der Waals surface area (Å²) in [5.41, 5.74) is 0. The maximum Gasteiger partial charge on any atom is 0.243 e. The first-order chi connectivity index (χ1) is 10.3. The molecular formula is C16H24BrNO3S. The number of halogens is 1. The SMILES string of the molecule is CCCOc1cc(S(=O)(=O)N2C[C@H](C)C[C@@H](C)C2)ccc1Br. The van der Waals surface area contributed by atoms with Crippen LogP contribution in [0.25, 0.3) is 0 Å². The summed E-state index contributed by atoms with van der Waals surface area (Å²) in [4.78, 5) is 0.308. The summed E-state index contributed by atoms with van der Waals surface area (Å²) in [6.45, 7) is 7.98. The van der Waals surface area contributed by atoms with E-state index in [-0.39, 0.29) is 0 Å². The van der Waals surface area contributed by atoms with Crippen LogP contribution >= 0.6 is 15.9 Å². The van der Waals surface area contributed by atoms with E-state index in [2.05, 4.69) is 29.8 Å². The molecule has 1 fully saturated rings. The smallest absolute Gasteiger partial charge is 0.243 e. The molecule has 22 heavy (non-hydrogen) atoms. The fourth-order valence-corrected chi connectivity index (χ4v) is 4.97. The molecule has 1 aromatic carbocycles. The molecule has 0 amide bonds. The van der Waals surface area contributed by atoms with E-state index in [4.69, 9.17) is 4.74 Å². The largest absolute Gasteiger partial charge is 0.492 e. The van der Waals surface area contributed by atoms with Gasteiger partial charge in [-0.05, 0) is 52.7 Å². The molecule has 0 radical (unpaired) electrons. The van der Waals surface area contributed by atoms with Gasteiger partial charge < -0.3 is 4.74 Å². The Bertz CT molecular complexity index is 608. The minimum atomic E-state index is -3.46. The zero-order valence-electron chi connectivity index (χ0n) is 13.4. The highest BCUT2D eigenvalue weighted by atomic mass is 79.9. The fourth-order valence-electron chi connectivity index (χ4n) is 2.92. The quantitative estimate of drug-likeness (QED) is 0.766. The molecule has 0 bridgehead atoms. The average molecular weight is 390 g/mol. The molecule has 1 aliphatic heterocycles. The van der Waals surface area contributed by atoms with Crippen molar-refractivity contribution in [2.45, 2.75) is 38.5 Å². The van der Waals surface area contributed by atoms with Crippen molar-refractivity contribution in [1.29, 1.82) is 0 Å². The second-order valence-corrected chi connectivity index (χ2v) is 9.00. The first-order valence-corrected chi connectivity index (χ1v) is 10.0. The summed E-state index contributed by atoms with van der Waals surface area (Å²) in [5, 5.41) is 0. The summed E-state index contributed by atoms with van der Waals surface area (Å²) >= 11 is 3.41. The van der Waals surface area contributed by atoms with Crippen molar-refractivity contribution in [3.05, 3.63) is 22.7 Å². The number of rotatable bonds is 5. The van der Waals surface area contributed by atoms with Gasteiger partial charge in [-0.2, -0.15) is 4.31 Å². The summed E-state index contributed by atoms with van der Waals surface area (Å²) < 4.78 is 33.8. The van der Waals surface area contributed by atoms with Gasteiger partial charge in [-0.25, -0.2) is 8.42 Å². The monoisotopic (exact) mass is 389 g/mol. The number of ether oxygens (including phenoxy) is 1. The second kappa shape index (κ2) is 7.32. The third-order valence-corrected chi connectivity index (χ3v) is 6.32. The van der Waals surface area contributed by atoms with Gasteiger partial charge in [-0.1, -0.05) is 20.8 Å². The molecule has 1 heterocycles. The Hall–Kier alpha value is -0.590. The number of nitrogens with zero attached hydrogens (tertiary/aromatic N) is 1. The molecule has 0 unspecified atom stereocenters. The molecule has 0 N–H and O–H groups in total. The van der Waals surface area contributed by atoms with Crippen LogP contribution in [0.5, 0.6) is 5.75 Å². The zero-order chi connectivity index (χ0) is 16.3. The molecule has 124 valence electrons. The van der Waals surface area contributed by atoms with E-state index in [9.17, 15) is 8.42 Å². The Morgan fingerprint density at radius 3 is 2.50 bits per heavy atom. The number of benzene rings is 1. The van der Waals surface area contributed by atoms with E-state index in [0.29, 0.717) is 42.2 Å². The van der Waals surface area contributed by atoms with Gasteiger partial charge in [0.15, 0.2) is 0 Å². The lowest BCUT2D eigenvalue weighted by atomic mass is 9.94. The Morgan fingerprint density at radius 1 is 1.27 bits per heavy atom. The van der Waals surface area contributed by atoms with Gasteiger partial charge in [0.25, 0.3) is 0 Å². The van der Waals surface area contributed by atoms with Crippen LogP contribution in [0, 0.1) is 11.8 Å². The van der Waals surface area contributed by atoms with Crippen LogP contribution in [0.4, 0.5) is 0 Å². The topological polar surface area (TPSA) is 46.6 Å². The lowest BCUT2D eigenvalue weighted by Crippen LogP contribution is -2.42. The average Bonchev–Trinajstić information content (AvgIpc) is 2.45. The number of piperidine rings is 1. The number of hydrogen-bond donors (Lipinski definition) is 0. The minimum absolute atomic E-state index is 0.308. The van der Waals surface area contributed by atoms with Crippen molar-refractivity contribution < 1.29 is 13.2 Å². The van der Waals surface area contributed by atoms with E-state index in [1.807, 2.05) is 6.92 Å². The maximum atomic E-state index is 12.9. The Kier molecular flexibility index (Phi) is 5.91. The van der Waals surface area contributed by atoms with Gasteiger partial charge in [0.2, 0.25) is 10.0 Å². The lowest BCUT2D eigenvalue weighted by Gasteiger charge is -2.34. The highest BCUT2D eigenvalue weighted by Crippen LogP contribution is 2.31. The summed E-state index contributed by atoms with van der Waals surface area (Å²) in [5.74, 6) is 1.37. The van der Waals surface area contributed by atoms with E-state index in [0.717, 1.165) is 17.3 Å². The van der Waals surface area contributed by atoms with Crippen molar-refractivity contribution in [1.82, 2.24) is 4.31 Å². The normalized spacial score (nSPS) is 23.5. The molecule has 2 rings (SSSR count). The van der Waals surface area contributed by atoms with Gasteiger partial charge in [0, 0.05) is 19.2 Å². The number of hydrogen-bond acceptors (Lipinski definition) is 3. The van der Waals surface area contributed by atoms with Crippen molar-refractivity contribution >= 4 is 26.0 Å². The molecule has 1 aliphatic rings. The molecule has 0 aromatic heterocycles. The molecule has 1 aromatic rings. The van der Waals surface area contributed by atoms with Crippen LogP contribution in [-0.4, -0.2) is 32.4 Å². The summed E-state index contributed by atoms with van der Waals surface area (Å²) in [7, 11) is -3.46. The Labute approximate surface area is 142 Å². The van der Waals surface area contributed by atoms with Gasteiger partial charge in [-0.3, -0.25) is 0 Å². The van der Waals surface area contributed by atoms with Crippen LogP contribution < -0.4 is 4.74 Å². The van der Waals surface area contributed by atoms with Gasteiger partial charge in [0.1, 0.15) is 5.75 Å². The maximum absolute atomic E-state index is 12.9. The van der Waals surface area contributed by atoms with Gasteiger partial charge in [-0.15, -0.1) is 0 Å². The predicted molar refractivity (Wildman–Crippen MR) is 91.6 cm³/mol. The first kappa shape index (κ1) is 17.8. The third kappa shape index (κ3) is 4.03. The standard InChI is InChI=1S/C16H24BrNO3S/c1-4-7-21-16-9-14(5-6-15(16)17)22(19,20)18-10-12(2)8-13(3)11-18/h5-6,9,12-13H,4,7-8,10-11H2,1-3H3/t12-,13-/m1/s1. The van der Waals surface area contributed by atoms with E-state index in [1.54, 1.807) is 22.5 Å². The molecule has 0 aliphatic carbocycles. The van der Waals surface area contributed by atoms with Crippen LogP contribution in [0.15, 0.2) is 27.6 Å². The van der Waals surface area contributed by atoms with Gasteiger partial charge >= 0.3 is 0 Å². The molecular weight excluding hydrogens is 366 g/mol. The predicted octanol–water partition coefficient (Wildman–Crippen LogP) is 3.90. The van der Waals surface area contributed by atoms with Crippen molar-refractivity contribution in [2.75, 3.05) is 19.7 Å². The minimum Gasteiger partial charge on any atom is -0.492 e. The lowest BCUT2D eigenvalue weighted by molar-refractivity contribution is 0.222. The molecule has 1 saturated heterocycles. The van der Waals surface area contributed by atoms with Crippen LogP contribution in [0.2, 0.25) is 0 Å². The molecule has 4 nitrogen and oxygen atoms in total. The third-order valence-electron chi connectivity index (χ3n) is 3.84. The molecule has 2 atom stereocenters. The van der Waals surface area contributed by atoms with Crippen LogP contribution in [0.1, 0.15) is 33.6 Å². The van der Waals surface area contributed by atoms with Crippen LogP contribution in [0.3, 0.4) is 0 Å². The highest BCUT2D eigenvalue weighted by Gasteiger charge is 2.32. The summed E-state index contributed by atoms with van der Waals surface area (Å²) in [6.07, 6.45) is 1.96. The van der Waals surface area contributed by atoms with Crippen molar-refractivity contribution in [3.8, 4) is 5.75 Å². The van der Waals surface area contributed by atoms with Crippen molar-refractivity contribution in [3.63, 3.8) is 0 Å². The Balaban J connectivity index is 2.29. The first-order valence-electron chi connectivity index (χ1n) is 7.77. The van der Waals surface area contributed by atoms with E-state index < -0.39 is 10.0 Å². The van der Waals surface area contributed by atoms with E-state index in [1.165, 1.54) is 0 Å². The fraction of sp³-hybridized carbons (Fsp3) is 0.625.